The summed E-state index contributed by atoms with van der Waals surface area (Å²) in [4.78, 5) is 0. The zero-order valence-electron chi connectivity index (χ0n) is 11.7. The minimum absolute atomic E-state index is 0.189. The molecule has 0 fully saturated rings. The van der Waals surface area contributed by atoms with Gasteiger partial charge in [0.2, 0.25) is 0 Å². The van der Waals surface area contributed by atoms with Crippen LogP contribution in [-0.4, -0.2) is 0 Å². The van der Waals surface area contributed by atoms with E-state index in [0.29, 0.717) is 0 Å². The summed E-state index contributed by atoms with van der Waals surface area (Å²) in [7, 11) is 0. The van der Waals surface area contributed by atoms with Crippen LogP contribution in [0.5, 0.6) is 0 Å². The zero-order valence-corrected chi connectivity index (χ0v) is 11.7. The minimum atomic E-state index is -0.189. The highest BCUT2D eigenvalue weighted by Crippen LogP contribution is 2.19. The molecule has 19 heavy (non-hydrogen) atoms. The topological polar surface area (TPSA) is 12.0 Å². The van der Waals surface area contributed by atoms with Crippen molar-refractivity contribution in [3.63, 3.8) is 0 Å². The van der Waals surface area contributed by atoms with Gasteiger partial charge in [0.05, 0.1) is 0 Å². The van der Waals surface area contributed by atoms with Crippen molar-refractivity contribution >= 4 is 0 Å². The van der Waals surface area contributed by atoms with E-state index in [4.69, 9.17) is 0 Å². The van der Waals surface area contributed by atoms with Gasteiger partial charge in [0.1, 0.15) is 5.82 Å². The number of aryl methyl sites for hydroxylation is 2. The van der Waals surface area contributed by atoms with Crippen molar-refractivity contribution in [1.29, 1.82) is 0 Å². The normalized spacial score (nSPS) is 12.4. The second-order valence-corrected chi connectivity index (χ2v) is 5.09. The Morgan fingerprint density at radius 3 is 2.37 bits per heavy atom. The SMILES string of the molecule is Cc1ccc(C(C)NCc2ccc(F)cc2)c(C)c1. The Labute approximate surface area is 114 Å². The highest BCUT2D eigenvalue weighted by atomic mass is 19.1. The summed E-state index contributed by atoms with van der Waals surface area (Å²) in [5.41, 5.74) is 5.00. The van der Waals surface area contributed by atoms with Crippen molar-refractivity contribution in [3.05, 3.63) is 70.5 Å². The molecule has 0 heterocycles. The van der Waals surface area contributed by atoms with E-state index >= 15 is 0 Å². The summed E-state index contributed by atoms with van der Waals surface area (Å²) in [5, 5.41) is 3.47. The van der Waals surface area contributed by atoms with E-state index in [2.05, 4.69) is 44.3 Å². The van der Waals surface area contributed by atoms with Crippen molar-refractivity contribution in [2.75, 3.05) is 0 Å². The molecule has 0 aliphatic carbocycles. The van der Waals surface area contributed by atoms with Gasteiger partial charge < -0.3 is 5.32 Å². The summed E-state index contributed by atoms with van der Waals surface area (Å²) in [6, 6.07) is 13.4. The molecule has 1 N–H and O–H groups in total. The summed E-state index contributed by atoms with van der Waals surface area (Å²) >= 11 is 0. The number of hydrogen-bond acceptors (Lipinski definition) is 1. The molecule has 1 unspecified atom stereocenters. The lowest BCUT2D eigenvalue weighted by molar-refractivity contribution is 0.570. The molecule has 0 aliphatic heterocycles. The van der Waals surface area contributed by atoms with Gasteiger partial charge in [0, 0.05) is 12.6 Å². The van der Waals surface area contributed by atoms with Crippen molar-refractivity contribution in [1.82, 2.24) is 5.32 Å². The molecule has 1 nitrogen and oxygen atoms in total. The van der Waals surface area contributed by atoms with E-state index in [1.54, 1.807) is 0 Å². The third kappa shape index (κ3) is 3.65. The number of nitrogens with one attached hydrogen (secondary N) is 1. The molecule has 2 aromatic carbocycles. The summed E-state index contributed by atoms with van der Waals surface area (Å²) in [6.45, 7) is 7.14. The van der Waals surface area contributed by atoms with Crippen LogP contribution >= 0.6 is 0 Å². The van der Waals surface area contributed by atoms with E-state index in [9.17, 15) is 4.39 Å². The first-order valence-corrected chi connectivity index (χ1v) is 6.61. The van der Waals surface area contributed by atoms with Crippen molar-refractivity contribution < 1.29 is 4.39 Å². The van der Waals surface area contributed by atoms with E-state index in [1.807, 2.05) is 12.1 Å². The lowest BCUT2D eigenvalue weighted by Crippen LogP contribution is -2.18. The lowest BCUT2D eigenvalue weighted by atomic mass is 10.00. The number of halogens is 1. The molecule has 0 aromatic heterocycles. The smallest absolute Gasteiger partial charge is 0.123 e. The quantitative estimate of drug-likeness (QED) is 0.861. The third-order valence-corrected chi connectivity index (χ3v) is 3.42. The molecule has 0 aliphatic rings. The van der Waals surface area contributed by atoms with Crippen LogP contribution in [-0.2, 0) is 6.54 Å². The maximum atomic E-state index is 12.8. The van der Waals surface area contributed by atoms with E-state index < -0.39 is 0 Å². The Balaban J connectivity index is 2.01. The summed E-state index contributed by atoms with van der Waals surface area (Å²) in [5.74, 6) is -0.189. The molecule has 100 valence electrons. The maximum Gasteiger partial charge on any atom is 0.123 e. The van der Waals surface area contributed by atoms with Gasteiger partial charge in [-0.25, -0.2) is 4.39 Å². The highest BCUT2D eigenvalue weighted by Gasteiger charge is 2.07. The monoisotopic (exact) mass is 257 g/mol. The Hall–Kier alpha value is -1.67. The predicted molar refractivity (Wildman–Crippen MR) is 77.6 cm³/mol. The van der Waals surface area contributed by atoms with E-state index in [1.165, 1.54) is 28.8 Å². The third-order valence-electron chi connectivity index (χ3n) is 3.42. The lowest BCUT2D eigenvalue weighted by Gasteiger charge is -2.17. The highest BCUT2D eigenvalue weighted by molar-refractivity contribution is 5.32. The molecule has 2 heteroatoms. The van der Waals surface area contributed by atoms with Gasteiger partial charge in [-0.15, -0.1) is 0 Å². The van der Waals surface area contributed by atoms with Gasteiger partial charge in [-0.3, -0.25) is 0 Å². The Morgan fingerprint density at radius 1 is 1.05 bits per heavy atom. The molecule has 2 rings (SSSR count). The second-order valence-electron chi connectivity index (χ2n) is 5.09. The Morgan fingerprint density at radius 2 is 1.74 bits per heavy atom. The van der Waals surface area contributed by atoms with Gasteiger partial charge in [-0.05, 0) is 49.6 Å². The number of rotatable bonds is 4. The Bertz CT molecular complexity index is 546. The molecular formula is C17H20FN. The van der Waals surface area contributed by atoms with Gasteiger partial charge in [-0.1, -0.05) is 35.9 Å². The van der Waals surface area contributed by atoms with Crippen LogP contribution in [0.1, 0.15) is 35.2 Å². The van der Waals surface area contributed by atoms with Crippen molar-refractivity contribution in [2.24, 2.45) is 0 Å². The van der Waals surface area contributed by atoms with Crippen LogP contribution in [0.2, 0.25) is 0 Å². The minimum Gasteiger partial charge on any atom is -0.306 e. The first-order chi connectivity index (χ1) is 9.06. The first-order valence-electron chi connectivity index (χ1n) is 6.61. The van der Waals surface area contributed by atoms with Crippen molar-refractivity contribution in [2.45, 2.75) is 33.4 Å². The molecule has 1 atom stereocenters. The van der Waals surface area contributed by atoms with Gasteiger partial charge >= 0.3 is 0 Å². The van der Waals surface area contributed by atoms with Crippen LogP contribution in [0.3, 0.4) is 0 Å². The second kappa shape index (κ2) is 5.98. The zero-order chi connectivity index (χ0) is 13.8. The molecule has 0 bridgehead atoms. The number of benzene rings is 2. The van der Waals surface area contributed by atoms with E-state index in [0.717, 1.165) is 12.1 Å². The molecule has 0 spiro atoms. The van der Waals surface area contributed by atoms with Crippen LogP contribution in [0.25, 0.3) is 0 Å². The fraction of sp³-hybridized carbons (Fsp3) is 0.294. The Kier molecular flexibility index (Phi) is 4.33. The van der Waals surface area contributed by atoms with Gasteiger partial charge in [0.25, 0.3) is 0 Å². The molecule has 0 radical (unpaired) electrons. The van der Waals surface area contributed by atoms with Crippen LogP contribution in [0, 0.1) is 19.7 Å². The molecule has 0 saturated heterocycles. The van der Waals surface area contributed by atoms with Crippen LogP contribution < -0.4 is 5.32 Å². The maximum absolute atomic E-state index is 12.8. The average Bonchev–Trinajstić information content (AvgIpc) is 2.37. The first kappa shape index (κ1) is 13.8. The molecule has 2 aromatic rings. The predicted octanol–water partition coefficient (Wildman–Crippen LogP) is 4.29. The van der Waals surface area contributed by atoms with Gasteiger partial charge in [-0.2, -0.15) is 0 Å². The van der Waals surface area contributed by atoms with E-state index in [-0.39, 0.29) is 11.9 Å². The average molecular weight is 257 g/mol. The van der Waals surface area contributed by atoms with Crippen molar-refractivity contribution in [3.8, 4) is 0 Å². The standard InChI is InChI=1S/C17H20FN/c1-12-4-9-17(13(2)10-12)14(3)19-11-15-5-7-16(18)8-6-15/h4-10,14,19H,11H2,1-3H3. The van der Waals surface area contributed by atoms with Gasteiger partial charge in [0.15, 0.2) is 0 Å². The molecule has 0 saturated carbocycles. The van der Waals surface area contributed by atoms with Crippen LogP contribution in [0.4, 0.5) is 4.39 Å². The fourth-order valence-electron chi connectivity index (χ4n) is 2.29. The number of hydrogen-bond donors (Lipinski definition) is 1. The van der Waals surface area contributed by atoms with Crippen LogP contribution in [0.15, 0.2) is 42.5 Å². The molecule has 0 amide bonds. The summed E-state index contributed by atoms with van der Waals surface area (Å²) in [6.07, 6.45) is 0. The molecular weight excluding hydrogens is 237 g/mol. The largest absolute Gasteiger partial charge is 0.306 e. The summed E-state index contributed by atoms with van der Waals surface area (Å²) < 4.78 is 12.8. The fourth-order valence-corrected chi connectivity index (χ4v) is 2.29.